The van der Waals surface area contributed by atoms with Crippen LogP contribution in [0.25, 0.3) is 11.3 Å². The van der Waals surface area contributed by atoms with Crippen LogP contribution >= 0.6 is 0 Å². The molecule has 0 fully saturated rings. The first-order chi connectivity index (χ1) is 16.1. The van der Waals surface area contributed by atoms with E-state index in [9.17, 15) is 0 Å². The molecule has 0 amide bonds. The van der Waals surface area contributed by atoms with Crippen molar-refractivity contribution < 1.29 is 18.6 Å². The van der Waals surface area contributed by atoms with E-state index in [1.807, 2.05) is 19.1 Å². The first kappa shape index (κ1) is 26.4. The fourth-order valence-corrected chi connectivity index (χ4v) is 10.5. The summed E-state index contributed by atoms with van der Waals surface area (Å²) in [6.07, 6.45) is -0.0719. The number of aromatic amines is 1. The summed E-state index contributed by atoms with van der Waals surface area (Å²) in [5, 5.41) is 0. The predicted octanol–water partition coefficient (Wildman–Crippen LogP) is 6.82. The number of nitrogens with one attached hydrogen (secondary N) is 1. The number of ether oxygens (including phenoxy) is 3. The summed E-state index contributed by atoms with van der Waals surface area (Å²) in [6.45, 7) is 19.0. The van der Waals surface area contributed by atoms with Gasteiger partial charge in [-0.25, -0.2) is 4.99 Å². The summed E-state index contributed by atoms with van der Waals surface area (Å²) < 4.78 is 24.3. The minimum absolute atomic E-state index is 0.0719. The van der Waals surface area contributed by atoms with Crippen LogP contribution in [-0.4, -0.2) is 51.7 Å². The van der Waals surface area contributed by atoms with Gasteiger partial charge in [-0.1, -0.05) is 41.5 Å². The van der Waals surface area contributed by atoms with Gasteiger partial charge in [-0.3, -0.25) is 0 Å². The molecule has 1 aliphatic heterocycles. The third-order valence-electron chi connectivity index (χ3n) is 6.65. The summed E-state index contributed by atoms with van der Waals surface area (Å²) in [6, 6.07) is 10.5. The van der Waals surface area contributed by atoms with Gasteiger partial charge in [0.1, 0.15) is 29.9 Å². The average molecular weight is 487 g/mol. The highest BCUT2D eigenvalue weighted by Crippen LogP contribution is 2.44. The number of hydrogen-bond acceptors (Lipinski definition) is 5. The van der Waals surface area contributed by atoms with Crippen molar-refractivity contribution in [2.45, 2.75) is 84.2 Å². The summed E-state index contributed by atoms with van der Waals surface area (Å²) in [5.41, 5.74) is 4.30. The van der Waals surface area contributed by atoms with Crippen molar-refractivity contribution in [1.29, 1.82) is 0 Å². The van der Waals surface area contributed by atoms with Gasteiger partial charge in [0.05, 0.1) is 12.6 Å². The second-order valence-corrected chi connectivity index (χ2v) is 15.8. The zero-order valence-electron chi connectivity index (χ0n) is 22.3. The fourth-order valence-electron chi connectivity index (χ4n) is 5.22. The van der Waals surface area contributed by atoms with Crippen LogP contribution in [0.3, 0.4) is 0 Å². The monoisotopic (exact) mass is 486 g/mol. The molecule has 0 spiro atoms. The van der Waals surface area contributed by atoms with Gasteiger partial charge in [-0.05, 0) is 54.7 Å². The van der Waals surface area contributed by atoms with Crippen molar-refractivity contribution in [2.24, 2.45) is 4.99 Å². The molecule has 2 aromatic rings. The highest BCUT2D eigenvalue weighted by atomic mass is 28.4. The lowest BCUT2D eigenvalue weighted by Crippen LogP contribution is -2.50. The molecular weight excluding hydrogens is 444 g/mol. The maximum Gasteiger partial charge on any atom is 0.258 e. The highest BCUT2D eigenvalue weighted by molar-refractivity contribution is 6.78. The standard InChI is InChI=1S/C27H42N2O4Si/c1-17(2)34(18(3)4,19(5)6)33-24-13-22(12-23(14-24)32-21(8)16-30-9)25-10-11-26(29-25)27-28-20(7)15-31-27/h10-14,17-21,29H,15-16H2,1-9H3/t20-,21+/m1/s1. The topological polar surface area (TPSA) is 65.1 Å². The number of H-pyrrole nitrogens is 1. The first-order valence-corrected chi connectivity index (χ1v) is 14.6. The molecule has 34 heavy (non-hydrogen) atoms. The minimum atomic E-state index is -2.12. The van der Waals surface area contributed by atoms with E-state index in [1.165, 1.54) is 0 Å². The molecular formula is C27H42N2O4Si. The maximum atomic E-state index is 7.02. The predicted molar refractivity (Wildman–Crippen MR) is 142 cm³/mol. The number of nitrogens with zero attached hydrogens (tertiary/aromatic N) is 1. The van der Waals surface area contributed by atoms with E-state index >= 15 is 0 Å². The second-order valence-electron chi connectivity index (χ2n) is 10.4. The molecule has 0 radical (unpaired) electrons. The molecule has 7 heteroatoms. The van der Waals surface area contributed by atoms with Gasteiger partial charge < -0.3 is 23.6 Å². The highest BCUT2D eigenvalue weighted by Gasteiger charge is 2.47. The third-order valence-corrected chi connectivity index (χ3v) is 12.7. The Balaban J connectivity index is 2.02. The zero-order chi connectivity index (χ0) is 25.0. The third kappa shape index (κ3) is 5.69. The number of benzene rings is 1. The second kappa shape index (κ2) is 11.0. The van der Waals surface area contributed by atoms with Crippen molar-refractivity contribution in [3.63, 3.8) is 0 Å². The van der Waals surface area contributed by atoms with E-state index in [-0.39, 0.29) is 12.1 Å². The Morgan fingerprint density at radius 2 is 1.59 bits per heavy atom. The van der Waals surface area contributed by atoms with Crippen molar-refractivity contribution in [2.75, 3.05) is 20.3 Å². The Kier molecular flexibility index (Phi) is 8.52. The SMILES string of the molecule is COC[C@H](C)Oc1cc(O[Si](C(C)C)(C(C)C)C(C)C)cc(-c2ccc(C3=N[C@H](C)CO3)[nH]2)c1. The maximum absolute atomic E-state index is 7.02. The summed E-state index contributed by atoms with van der Waals surface area (Å²) in [4.78, 5) is 8.05. The quantitative estimate of drug-likeness (QED) is 0.354. The molecule has 0 bridgehead atoms. The van der Waals surface area contributed by atoms with Crippen LogP contribution in [-0.2, 0) is 9.47 Å². The van der Waals surface area contributed by atoms with Gasteiger partial charge in [0.2, 0.25) is 5.90 Å². The molecule has 1 aliphatic rings. The van der Waals surface area contributed by atoms with E-state index in [4.69, 9.17) is 18.6 Å². The Hall–Kier alpha value is -2.25. The molecule has 1 aromatic heterocycles. The van der Waals surface area contributed by atoms with Gasteiger partial charge in [-0.15, -0.1) is 0 Å². The molecule has 2 heterocycles. The number of aromatic nitrogens is 1. The number of rotatable bonds is 11. The zero-order valence-corrected chi connectivity index (χ0v) is 23.3. The Morgan fingerprint density at radius 1 is 0.971 bits per heavy atom. The lowest BCUT2D eigenvalue weighted by molar-refractivity contribution is 0.0920. The van der Waals surface area contributed by atoms with Crippen molar-refractivity contribution >= 4 is 14.2 Å². The normalized spacial score (nSPS) is 17.3. The summed E-state index contributed by atoms with van der Waals surface area (Å²) >= 11 is 0. The number of hydrogen-bond donors (Lipinski definition) is 1. The summed E-state index contributed by atoms with van der Waals surface area (Å²) in [7, 11) is -0.435. The van der Waals surface area contributed by atoms with Crippen LogP contribution in [0, 0.1) is 0 Å². The average Bonchev–Trinajstić information content (AvgIpc) is 3.40. The first-order valence-electron chi connectivity index (χ1n) is 12.5. The fraction of sp³-hybridized carbons (Fsp3) is 0.593. The molecule has 6 nitrogen and oxygen atoms in total. The molecule has 0 aliphatic carbocycles. The lowest BCUT2D eigenvalue weighted by atomic mass is 10.1. The van der Waals surface area contributed by atoms with E-state index in [0.717, 1.165) is 28.5 Å². The van der Waals surface area contributed by atoms with E-state index in [0.29, 0.717) is 35.7 Å². The Labute approximate surface area is 206 Å². The summed E-state index contributed by atoms with van der Waals surface area (Å²) in [5.74, 6) is 2.30. The van der Waals surface area contributed by atoms with E-state index < -0.39 is 8.32 Å². The lowest BCUT2D eigenvalue weighted by Gasteiger charge is -2.42. The van der Waals surface area contributed by atoms with Crippen molar-refractivity contribution in [1.82, 2.24) is 4.98 Å². The van der Waals surface area contributed by atoms with Gasteiger partial charge in [0.15, 0.2) is 0 Å². The van der Waals surface area contributed by atoms with Crippen LogP contribution in [0.4, 0.5) is 0 Å². The van der Waals surface area contributed by atoms with Crippen molar-refractivity contribution in [3.8, 4) is 22.8 Å². The van der Waals surface area contributed by atoms with Gasteiger partial charge in [0, 0.05) is 24.4 Å². The van der Waals surface area contributed by atoms with E-state index in [2.05, 4.69) is 76.6 Å². The van der Waals surface area contributed by atoms with Crippen LogP contribution in [0.5, 0.6) is 11.5 Å². The molecule has 0 saturated carbocycles. The number of aliphatic imine (C=N–C) groups is 1. The Morgan fingerprint density at radius 3 is 2.15 bits per heavy atom. The van der Waals surface area contributed by atoms with Crippen LogP contribution in [0.1, 0.15) is 61.1 Å². The molecule has 2 atom stereocenters. The van der Waals surface area contributed by atoms with Gasteiger partial charge in [-0.2, -0.15) is 0 Å². The largest absolute Gasteiger partial charge is 0.543 e. The molecule has 188 valence electrons. The minimum Gasteiger partial charge on any atom is -0.543 e. The van der Waals surface area contributed by atoms with Crippen LogP contribution in [0.2, 0.25) is 16.6 Å². The van der Waals surface area contributed by atoms with Gasteiger partial charge >= 0.3 is 0 Å². The molecule has 0 saturated heterocycles. The molecule has 0 unspecified atom stereocenters. The van der Waals surface area contributed by atoms with Gasteiger partial charge in [0.25, 0.3) is 8.32 Å². The molecule has 1 aromatic carbocycles. The number of methoxy groups -OCH3 is 1. The Bertz CT molecular complexity index is 961. The van der Waals surface area contributed by atoms with Crippen LogP contribution < -0.4 is 9.16 Å². The smallest absolute Gasteiger partial charge is 0.258 e. The van der Waals surface area contributed by atoms with Crippen LogP contribution in [0.15, 0.2) is 35.3 Å². The molecule has 3 rings (SSSR count). The molecule has 1 N–H and O–H groups in total. The van der Waals surface area contributed by atoms with E-state index in [1.54, 1.807) is 7.11 Å². The van der Waals surface area contributed by atoms with Crippen molar-refractivity contribution in [3.05, 3.63) is 36.0 Å².